The van der Waals surface area contributed by atoms with E-state index >= 15 is 0 Å². The number of aliphatic hydroxyl groups is 1. The van der Waals surface area contributed by atoms with Gasteiger partial charge < -0.3 is 26.0 Å². The summed E-state index contributed by atoms with van der Waals surface area (Å²) in [5.41, 5.74) is 2.56. The number of rotatable bonds is 18. The number of aromatic amines is 1. The van der Waals surface area contributed by atoms with E-state index in [9.17, 15) is 19.5 Å². The smallest absolute Gasteiger partial charge is 0.243 e. The number of benzene rings is 1. The topological polar surface area (TPSA) is 149 Å². The van der Waals surface area contributed by atoms with Crippen LogP contribution in [0.3, 0.4) is 0 Å². The molecule has 1 aromatic carbocycles. The Balaban J connectivity index is 1.49. The number of hydrogen-bond donors (Lipinski definition) is 5. The van der Waals surface area contributed by atoms with Crippen molar-refractivity contribution in [3.05, 3.63) is 84.2 Å². The summed E-state index contributed by atoms with van der Waals surface area (Å²) in [4.78, 5) is 52.2. The maximum atomic E-state index is 14.0. The maximum Gasteiger partial charge on any atom is 0.243 e. The molecule has 1 aliphatic rings. The summed E-state index contributed by atoms with van der Waals surface area (Å²) in [7, 11) is 0. The van der Waals surface area contributed by atoms with Crippen LogP contribution in [0.4, 0.5) is 0 Å². The lowest BCUT2D eigenvalue weighted by Gasteiger charge is -2.32. The van der Waals surface area contributed by atoms with Crippen LogP contribution in [-0.4, -0.2) is 62.0 Å². The first-order valence-electron chi connectivity index (χ1n) is 17.3. The van der Waals surface area contributed by atoms with Crippen molar-refractivity contribution in [1.82, 2.24) is 30.9 Å². The molecule has 4 unspecified atom stereocenters. The number of aryl methyl sites for hydroxylation is 1. The summed E-state index contributed by atoms with van der Waals surface area (Å²) in [6.07, 6.45) is 13.3. The van der Waals surface area contributed by atoms with E-state index in [0.29, 0.717) is 24.5 Å². The molecule has 254 valence electrons. The van der Waals surface area contributed by atoms with Gasteiger partial charge in [-0.15, -0.1) is 0 Å². The van der Waals surface area contributed by atoms with Crippen LogP contribution in [0, 0.1) is 11.8 Å². The van der Waals surface area contributed by atoms with Gasteiger partial charge in [0, 0.05) is 43.0 Å². The molecule has 5 N–H and O–H groups in total. The number of pyridine rings is 1. The van der Waals surface area contributed by atoms with Crippen molar-refractivity contribution in [3.63, 3.8) is 0 Å². The van der Waals surface area contributed by atoms with Crippen molar-refractivity contribution >= 4 is 17.7 Å². The van der Waals surface area contributed by atoms with E-state index in [0.717, 1.165) is 49.8 Å². The molecule has 0 saturated heterocycles. The summed E-state index contributed by atoms with van der Waals surface area (Å²) in [6.45, 7) is 3.90. The van der Waals surface area contributed by atoms with Gasteiger partial charge in [-0.1, -0.05) is 82.3 Å². The fourth-order valence-electron chi connectivity index (χ4n) is 6.40. The highest BCUT2D eigenvalue weighted by Gasteiger charge is 2.32. The van der Waals surface area contributed by atoms with Crippen LogP contribution in [0.2, 0.25) is 0 Å². The molecule has 4 atom stereocenters. The summed E-state index contributed by atoms with van der Waals surface area (Å²) in [5, 5.41) is 20.4. The number of aromatic nitrogens is 3. The lowest BCUT2D eigenvalue weighted by Crippen LogP contribution is -2.57. The monoisotopic (exact) mass is 644 g/mol. The Morgan fingerprint density at radius 3 is 2.32 bits per heavy atom. The van der Waals surface area contributed by atoms with Crippen LogP contribution >= 0.6 is 0 Å². The van der Waals surface area contributed by atoms with E-state index in [2.05, 4.69) is 30.9 Å². The average Bonchev–Trinajstić information content (AvgIpc) is 3.58. The molecule has 0 spiro atoms. The van der Waals surface area contributed by atoms with E-state index in [-0.39, 0.29) is 37.0 Å². The van der Waals surface area contributed by atoms with E-state index in [4.69, 9.17) is 0 Å². The molecule has 1 saturated carbocycles. The number of aliphatic hydroxyl groups excluding tert-OH is 1. The van der Waals surface area contributed by atoms with E-state index in [1.54, 1.807) is 12.4 Å². The molecule has 3 aromatic rings. The molecule has 0 aliphatic heterocycles. The molecule has 1 fully saturated rings. The average molecular weight is 645 g/mol. The molecule has 1 aliphatic carbocycles. The normalized spacial score (nSPS) is 16.2. The van der Waals surface area contributed by atoms with Crippen molar-refractivity contribution in [2.45, 2.75) is 115 Å². The van der Waals surface area contributed by atoms with Gasteiger partial charge in [0.05, 0.1) is 18.5 Å². The van der Waals surface area contributed by atoms with Crippen molar-refractivity contribution in [1.29, 1.82) is 0 Å². The Labute approximate surface area is 279 Å². The lowest BCUT2D eigenvalue weighted by atomic mass is 9.83. The molecule has 10 nitrogen and oxygen atoms in total. The second-order valence-electron chi connectivity index (χ2n) is 13.4. The van der Waals surface area contributed by atoms with Gasteiger partial charge in [0.25, 0.3) is 0 Å². The predicted molar refractivity (Wildman–Crippen MR) is 182 cm³/mol. The number of carbonyl (C=O) groups is 3. The number of nitrogens with one attached hydrogen (secondary N) is 4. The Bertz CT molecular complexity index is 1350. The molecular formula is C37H52N6O4. The highest BCUT2D eigenvalue weighted by atomic mass is 16.3. The highest BCUT2D eigenvalue weighted by molar-refractivity contribution is 5.92. The van der Waals surface area contributed by atoms with Gasteiger partial charge in [0.2, 0.25) is 17.7 Å². The SMILES string of the molecule is CC(C)CC(=O)NC(Cc1ccccc1)C(=O)NC(Cc1cnc[nH]1)C(=O)NC(CC1CCCCC1)C(O)CCCc1ccccn1. The number of hydrogen-bond acceptors (Lipinski definition) is 6. The fraction of sp³-hybridized carbons (Fsp3) is 0.541. The highest BCUT2D eigenvalue weighted by Crippen LogP contribution is 2.28. The van der Waals surface area contributed by atoms with Gasteiger partial charge in [0.15, 0.2) is 0 Å². The molecule has 0 radical (unpaired) electrons. The third-order valence-electron chi connectivity index (χ3n) is 8.90. The molecule has 10 heteroatoms. The van der Waals surface area contributed by atoms with Crippen molar-refractivity contribution in [2.75, 3.05) is 0 Å². The zero-order chi connectivity index (χ0) is 33.4. The van der Waals surface area contributed by atoms with Crippen LogP contribution < -0.4 is 16.0 Å². The predicted octanol–water partition coefficient (Wildman–Crippen LogP) is 4.44. The van der Waals surface area contributed by atoms with Crippen LogP contribution in [0.5, 0.6) is 0 Å². The van der Waals surface area contributed by atoms with Crippen LogP contribution in [0.25, 0.3) is 0 Å². The minimum Gasteiger partial charge on any atom is -0.391 e. The van der Waals surface area contributed by atoms with E-state index in [1.807, 2.05) is 62.4 Å². The van der Waals surface area contributed by atoms with Crippen LogP contribution in [0.15, 0.2) is 67.3 Å². The summed E-state index contributed by atoms with van der Waals surface area (Å²) < 4.78 is 0. The number of carbonyl (C=O) groups excluding carboxylic acids is 3. The van der Waals surface area contributed by atoms with Gasteiger partial charge in [-0.3, -0.25) is 19.4 Å². The first-order chi connectivity index (χ1) is 22.8. The zero-order valence-corrected chi connectivity index (χ0v) is 27.9. The summed E-state index contributed by atoms with van der Waals surface area (Å²) >= 11 is 0. The molecule has 2 heterocycles. The van der Waals surface area contributed by atoms with Gasteiger partial charge in [0.1, 0.15) is 12.1 Å². The molecule has 47 heavy (non-hydrogen) atoms. The van der Waals surface area contributed by atoms with E-state index < -0.39 is 30.1 Å². The molecule has 4 rings (SSSR count). The summed E-state index contributed by atoms with van der Waals surface area (Å²) in [5.74, 6) is -0.473. The minimum absolute atomic E-state index is 0.130. The van der Waals surface area contributed by atoms with Crippen LogP contribution in [0.1, 0.15) is 88.6 Å². The second-order valence-corrected chi connectivity index (χ2v) is 13.4. The van der Waals surface area contributed by atoms with Gasteiger partial charge in [-0.2, -0.15) is 0 Å². The van der Waals surface area contributed by atoms with Crippen molar-refractivity contribution < 1.29 is 19.5 Å². The third-order valence-corrected chi connectivity index (χ3v) is 8.90. The zero-order valence-electron chi connectivity index (χ0n) is 27.9. The molecule has 0 bridgehead atoms. The number of imidazole rings is 1. The third kappa shape index (κ3) is 12.6. The standard InChI is InChI=1S/C37H52N6O4/c1-26(2)20-35(45)41-32(22-28-14-7-4-8-15-28)36(46)43-33(23-30-24-38-25-40-30)37(47)42-31(21-27-12-5-3-6-13-27)34(44)18-11-17-29-16-9-10-19-39-29/h4,7-10,14-16,19,24-27,31-34,44H,3,5-6,11-13,17-18,20-23H2,1-2H3,(H,38,40)(H,41,45)(H,42,47)(H,43,46). The van der Waals surface area contributed by atoms with Gasteiger partial charge in [-0.25, -0.2) is 4.98 Å². The maximum absolute atomic E-state index is 14.0. The Morgan fingerprint density at radius 1 is 0.915 bits per heavy atom. The van der Waals surface area contributed by atoms with Crippen molar-refractivity contribution in [2.24, 2.45) is 11.8 Å². The first kappa shape index (κ1) is 35.8. The Morgan fingerprint density at radius 2 is 1.64 bits per heavy atom. The van der Waals surface area contributed by atoms with E-state index in [1.165, 1.54) is 12.7 Å². The Kier molecular flexibility index (Phi) is 14.4. The van der Waals surface area contributed by atoms with Gasteiger partial charge in [-0.05, 0) is 55.2 Å². The fourth-order valence-corrected chi connectivity index (χ4v) is 6.40. The second kappa shape index (κ2) is 18.9. The molecular weight excluding hydrogens is 592 g/mol. The van der Waals surface area contributed by atoms with Crippen molar-refractivity contribution in [3.8, 4) is 0 Å². The number of H-pyrrole nitrogens is 1. The van der Waals surface area contributed by atoms with Gasteiger partial charge >= 0.3 is 0 Å². The quantitative estimate of drug-likeness (QED) is 0.138. The summed E-state index contributed by atoms with van der Waals surface area (Å²) in [6, 6.07) is 13.1. The first-order valence-corrected chi connectivity index (χ1v) is 17.3. The molecule has 2 aromatic heterocycles. The van der Waals surface area contributed by atoms with Crippen LogP contribution in [-0.2, 0) is 33.6 Å². The largest absolute Gasteiger partial charge is 0.391 e. The lowest BCUT2D eigenvalue weighted by molar-refractivity contribution is -0.132. The Hall–Kier alpha value is -4.05. The number of amides is 3. The molecule has 3 amide bonds. The minimum atomic E-state index is -0.946. The number of nitrogens with zero attached hydrogens (tertiary/aromatic N) is 2.